The van der Waals surface area contributed by atoms with Crippen LogP contribution in [0.5, 0.6) is 11.5 Å². The second-order valence-electron chi connectivity index (χ2n) is 9.77. The number of hydrogen-bond acceptors (Lipinski definition) is 4. The molecule has 0 saturated heterocycles. The third-order valence-electron chi connectivity index (χ3n) is 6.93. The molecule has 0 fully saturated rings. The summed E-state index contributed by atoms with van der Waals surface area (Å²) in [7, 11) is 3.23. The van der Waals surface area contributed by atoms with E-state index in [9.17, 15) is 9.59 Å². The Hall–Kier alpha value is -3.48. The summed E-state index contributed by atoms with van der Waals surface area (Å²) in [6, 6.07) is 15.5. The van der Waals surface area contributed by atoms with Gasteiger partial charge in [0, 0.05) is 30.1 Å². The first-order valence-electron chi connectivity index (χ1n) is 12.2. The Labute approximate surface area is 207 Å². The third kappa shape index (κ3) is 4.72. The Bertz CT molecular complexity index is 1230. The number of fused-ring (bicyclic) bond motifs is 3. The van der Waals surface area contributed by atoms with Crippen molar-refractivity contribution in [1.29, 1.82) is 0 Å². The number of ether oxygens (including phenoxy) is 2. The minimum atomic E-state index is -1.03. The zero-order valence-corrected chi connectivity index (χ0v) is 21.3. The number of amides is 2. The first-order valence-corrected chi connectivity index (χ1v) is 12.2. The molecule has 0 spiro atoms. The van der Waals surface area contributed by atoms with Crippen molar-refractivity contribution in [3.05, 3.63) is 59.8 Å². The van der Waals surface area contributed by atoms with Gasteiger partial charge in [-0.15, -0.1) is 0 Å². The number of para-hydroxylation sites is 1. The van der Waals surface area contributed by atoms with Crippen molar-refractivity contribution in [3.63, 3.8) is 0 Å². The maximum atomic E-state index is 13.8. The lowest BCUT2D eigenvalue weighted by molar-refractivity contribution is -0.132. The van der Waals surface area contributed by atoms with Crippen molar-refractivity contribution in [3.8, 4) is 11.5 Å². The fourth-order valence-corrected chi connectivity index (χ4v) is 4.81. The van der Waals surface area contributed by atoms with Crippen molar-refractivity contribution in [2.24, 2.45) is 5.92 Å². The van der Waals surface area contributed by atoms with E-state index in [1.165, 1.54) is 0 Å². The fraction of sp³-hybridized carbons (Fsp3) is 0.429. The normalized spacial score (nSPS) is 17.5. The molecule has 4 rings (SSSR count). The molecule has 0 saturated carbocycles. The van der Waals surface area contributed by atoms with Crippen LogP contribution in [0.15, 0.2) is 48.5 Å². The van der Waals surface area contributed by atoms with Gasteiger partial charge in [0.15, 0.2) is 0 Å². The average molecular weight is 478 g/mol. The molecule has 0 radical (unpaired) electrons. The van der Waals surface area contributed by atoms with Gasteiger partial charge in [0.05, 0.1) is 20.8 Å². The fourth-order valence-electron chi connectivity index (χ4n) is 4.81. The van der Waals surface area contributed by atoms with Crippen molar-refractivity contribution >= 4 is 22.7 Å². The first-order chi connectivity index (χ1) is 16.8. The quantitative estimate of drug-likeness (QED) is 0.499. The second-order valence-corrected chi connectivity index (χ2v) is 9.77. The molecule has 1 aliphatic heterocycles. The lowest BCUT2D eigenvalue weighted by Crippen LogP contribution is -2.64. The topological polar surface area (TPSA) is 72.8 Å². The molecule has 0 unspecified atom stereocenters. The van der Waals surface area contributed by atoms with Crippen LogP contribution in [-0.2, 0) is 17.8 Å². The van der Waals surface area contributed by atoms with E-state index >= 15 is 0 Å². The number of aromatic nitrogens is 1. The van der Waals surface area contributed by atoms with E-state index in [0.717, 1.165) is 22.9 Å². The minimum absolute atomic E-state index is 0.128. The molecule has 2 amide bonds. The van der Waals surface area contributed by atoms with Gasteiger partial charge in [-0.1, -0.05) is 38.1 Å². The monoisotopic (exact) mass is 477 g/mol. The highest BCUT2D eigenvalue weighted by molar-refractivity contribution is 6.03. The lowest BCUT2D eigenvalue weighted by atomic mass is 9.93. The van der Waals surface area contributed by atoms with Crippen LogP contribution in [0.1, 0.15) is 43.2 Å². The zero-order valence-electron chi connectivity index (χ0n) is 21.3. The summed E-state index contributed by atoms with van der Waals surface area (Å²) < 4.78 is 12.9. The number of nitrogens with zero attached hydrogens (tertiary/aromatic N) is 2. The summed E-state index contributed by atoms with van der Waals surface area (Å²) in [5.41, 5.74) is 1.51. The minimum Gasteiger partial charge on any atom is -0.497 e. The largest absolute Gasteiger partial charge is 0.497 e. The van der Waals surface area contributed by atoms with E-state index in [1.807, 2.05) is 60.0 Å². The molecule has 35 heavy (non-hydrogen) atoms. The Kier molecular flexibility index (Phi) is 7.05. The first kappa shape index (κ1) is 24.6. The van der Waals surface area contributed by atoms with Gasteiger partial charge in [-0.25, -0.2) is 0 Å². The molecule has 1 aliphatic rings. The van der Waals surface area contributed by atoms with Crippen LogP contribution >= 0.6 is 0 Å². The Morgan fingerprint density at radius 2 is 1.89 bits per heavy atom. The number of carbonyl (C=O) groups excluding carboxylic acids is 2. The van der Waals surface area contributed by atoms with Gasteiger partial charge in [-0.3, -0.25) is 9.59 Å². The van der Waals surface area contributed by atoms with Crippen molar-refractivity contribution in [2.45, 2.75) is 45.7 Å². The van der Waals surface area contributed by atoms with E-state index < -0.39 is 5.54 Å². The van der Waals surface area contributed by atoms with Gasteiger partial charge in [-0.05, 0) is 49.4 Å². The van der Waals surface area contributed by atoms with Gasteiger partial charge < -0.3 is 24.3 Å². The molecule has 7 nitrogen and oxygen atoms in total. The predicted molar refractivity (Wildman–Crippen MR) is 137 cm³/mol. The molecule has 2 heterocycles. The molecular weight excluding hydrogens is 442 g/mol. The van der Waals surface area contributed by atoms with E-state index in [-0.39, 0.29) is 11.8 Å². The molecule has 1 aromatic heterocycles. The smallest absolute Gasteiger partial charge is 0.271 e. The van der Waals surface area contributed by atoms with E-state index in [4.69, 9.17) is 9.47 Å². The summed E-state index contributed by atoms with van der Waals surface area (Å²) in [4.78, 5) is 29.2. The van der Waals surface area contributed by atoms with E-state index in [2.05, 4.69) is 19.2 Å². The summed E-state index contributed by atoms with van der Waals surface area (Å²) in [5.74, 6) is 1.62. The molecule has 186 valence electrons. The average Bonchev–Trinajstić information content (AvgIpc) is 3.22. The molecule has 0 aliphatic carbocycles. The van der Waals surface area contributed by atoms with Crippen LogP contribution in [0.2, 0.25) is 0 Å². The maximum Gasteiger partial charge on any atom is 0.271 e. The van der Waals surface area contributed by atoms with Crippen LogP contribution in [0.4, 0.5) is 0 Å². The van der Waals surface area contributed by atoms with Crippen molar-refractivity contribution < 1.29 is 19.1 Å². The van der Waals surface area contributed by atoms with Crippen molar-refractivity contribution in [1.82, 2.24) is 14.8 Å². The molecular formula is C28H35N3O4. The number of carbonyl (C=O) groups is 2. The number of rotatable bonds is 9. The van der Waals surface area contributed by atoms with Crippen LogP contribution in [0.25, 0.3) is 10.9 Å². The molecule has 3 aromatic rings. The number of methoxy groups -OCH3 is 2. The molecule has 0 bridgehead atoms. The number of nitrogens with one attached hydrogen (secondary N) is 1. The Balaban J connectivity index is 1.68. The Morgan fingerprint density at radius 3 is 2.60 bits per heavy atom. The maximum absolute atomic E-state index is 13.8. The highest BCUT2D eigenvalue weighted by atomic mass is 16.5. The van der Waals surface area contributed by atoms with Crippen LogP contribution in [0.3, 0.4) is 0 Å². The molecule has 1 atom stereocenters. The van der Waals surface area contributed by atoms with Gasteiger partial charge in [0.25, 0.3) is 5.91 Å². The summed E-state index contributed by atoms with van der Waals surface area (Å²) in [6.07, 6.45) is 1.44. The summed E-state index contributed by atoms with van der Waals surface area (Å²) in [5, 5.41) is 4.09. The third-order valence-corrected chi connectivity index (χ3v) is 6.93. The zero-order chi connectivity index (χ0) is 25.2. The predicted octanol–water partition coefficient (Wildman–Crippen LogP) is 4.28. The SMILES string of the molecule is COc1ccc(CCN2C(=O)c3cc4ccccc4n3C[C@@]2(C)C(=O)NCCC(C)C)c(OC)c1. The van der Waals surface area contributed by atoms with Crippen LogP contribution in [0, 0.1) is 5.92 Å². The van der Waals surface area contributed by atoms with Gasteiger partial charge >= 0.3 is 0 Å². The second kappa shape index (κ2) is 10.0. The van der Waals surface area contributed by atoms with E-state index in [0.29, 0.717) is 49.2 Å². The summed E-state index contributed by atoms with van der Waals surface area (Å²) in [6.45, 7) is 7.50. The molecule has 7 heteroatoms. The van der Waals surface area contributed by atoms with Gasteiger partial charge in [0.1, 0.15) is 22.7 Å². The van der Waals surface area contributed by atoms with Gasteiger partial charge in [-0.2, -0.15) is 0 Å². The van der Waals surface area contributed by atoms with E-state index in [1.54, 1.807) is 19.1 Å². The summed E-state index contributed by atoms with van der Waals surface area (Å²) >= 11 is 0. The number of hydrogen-bond donors (Lipinski definition) is 1. The molecule has 1 N–H and O–H groups in total. The lowest BCUT2D eigenvalue weighted by Gasteiger charge is -2.44. The standard InChI is InChI=1S/C28H35N3O4/c1-19(2)12-14-29-27(33)28(3)18-30-23-9-7-6-8-21(23)16-24(30)26(32)31(28)15-13-20-10-11-22(34-4)17-25(20)35-5/h6-11,16-17,19H,12-15,18H2,1-5H3,(H,29,33)/t28-/m0/s1. The van der Waals surface area contributed by atoms with Crippen LogP contribution < -0.4 is 14.8 Å². The van der Waals surface area contributed by atoms with Crippen molar-refractivity contribution in [2.75, 3.05) is 27.3 Å². The Morgan fingerprint density at radius 1 is 1.11 bits per heavy atom. The van der Waals surface area contributed by atoms with Gasteiger partial charge in [0.2, 0.25) is 5.91 Å². The highest BCUT2D eigenvalue weighted by Crippen LogP contribution is 2.33. The number of benzene rings is 2. The molecule has 2 aromatic carbocycles. The highest BCUT2D eigenvalue weighted by Gasteiger charge is 2.47. The van der Waals surface area contributed by atoms with Crippen LogP contribution in [-0.4, -0.2) is 54.1 Å².